The van der Waals surface area contributed by atoms with Gasteiger partial charge in [-0.1, -0.05) is 24.3 Å². The molecule has 0 unspecified atom stereocenters. The van der Waals surface area contributed by atoms with Gasteiger partial charge in [0, 0.05) is 17.5 Å². The summed E-state index contributed by atoms with van der Waals surface area (Å²) in [6.45, 7) is 1.97. The fraction of sp³-hybridized carbons (Fsp3) is 0.286. The van der Waals surface area contributed by atoms with Gasteiger partial charge in [-0.15, -0.1) is 0 Å². The summed E-state index contributed by atoms with van der Waals surface area (Å²) in [4.78, 5) is 15.7. The average molecular weight is 245 g/mol. The first-order valence-corrected chi connectivity index (χ1v) is 5.90. The van der Waals surface area contributed by atoms with Crippen molar-refractivity contribution in [1.82, 2.24) is 4.98 Å². The summed E-state index contributed by atoms with van der Waals surface area (Å²) in [6.07, 6.45) is -0.984. The van der Waals surface area contributed by atoms with Crippen molar-refractivity contribution in [1.29, 1.82) is 0 Å². The molecule has 1 aromatic heterocycles. The molecule has 0 aliphatic heterocycles. The fourth-order valence-corrected chi connectivity index (χ4v) is 1.74. The summed E-state index contributed by atoms with van der Waals surface area (Å²) >= 11 is 0. The van der Waals surface area contributed by atoms with Gasteiger partial charge in [0.2, 0.25) is 0 Å². The summed E-state index contributed by atoms with van der Waals surface area (Å²) in [5.41, 5.74) is 1.53. The van der Waals surface area contributed by atoms with Gasteiger partial charge in [0.15, 0.2) is 6.10 Å². The average Bonchev–Trinajstić information content (AvgIpc) is 2.39. The molecule has 0 saturated heterocycles. The Bertz CT molecular complexity index is 553. The van der Waals surface area contributed by atoms with E-state index in [4.69, 9.17) is 4.74 Å². The molecule has 1 aromatic carbocycles. The quantitative estimate of drug-likeness (QED) is 0.833. The Morgan fingerprint density at radius 2 is 2.11 bits per heavy atom. The summed E-state index contributed by atoms with van der Waals surface area (Å²) in [5, 5.41) is 10.7. The van der Waals surface area contributed by atoms with Crippen molar-refractivity contribution in [3.63, 3.8) is 0 Å². The Hall–Kier alpha value is -1.94. The standard InChI is InChI=1S/C14H15NO3/c1-2-18-14(17)13(16)9-11-8-7-10-5-3-4-6-12(10)15-11/h3-8,13,16H,2,9H2,1H3/t13-/m1/s1. The number of nitrogens with zero attached hydrogens (tertiary/aromatic N) is 1. The molecule has 1 heterocycles. The van der Waals surface area contributed by atoms with E-state index in [0.29, 0.717) is 5.69 Å². The number of carbonyl (C=O) groups excluding carboxylic acids is 1. The highest BCUT2D eigenvalue weighted by molar-refractivity contribution is 5.79. The molecular formula is C14H15NO3. The lowest BCUT2D eigenvalue weighted by atomic mass is 10.1. The molecule has 1 atom stereocenters. The number of esters is 1. The normalized spacial score (nSPS) is 12.3. The number of aliphatic hydroxyl groups is 1. The Morgan fingerprint density at radius 3 is 2.89 bits per heavy atom. The molecule has 0 spiro atoms. The van der Waals surface area contributed by atoms with Crippen LogP contribution >= 0.6 is 0 Å². The van der Waals surface area contributed by atoms with Gasteiger partial charge < -0.3 is 9.84 Å². The third kappa shape index (κ3) is 2.84. The van der Waals surface area contributed by atoms with E-state index in [9.17, 15) is 9.90 Å². The van der Waals surface area contributed by atoms with Crippen LogP contribution in [0.3, 0.4) is 0 Å². The van der Waals surface area contributed by atoms with Crippen molar-refractivity contribution in [3.05, 3.63) is 42.1 Å². The second-order valence-electron chi connectivity index (χ2n) is 3.97. The van der Waals surface area contributed by atoms with Crippen LogP contribution in [0, 0.1) is 0 Å². The molecule has 0 fully saturated rings. The zero-order valence-corrected chi connectivity index (χ0v) is 10.2. The molecule has 4 heteroatoms. The van der Waals surface area contributed by atoms with Gasteiger partial charge in [0.05, 0.1) is 12.1 Å². The number of benzene rings is 1. The van der Waals surface area contributed by atoms with E-state index in [1.165, 1.54) is 0 Å². The van der Waals surface area contributed by atoms with Crippen LogP contribution in [0.2, 0.25) is 0 Å². The van der Waals surface area contributed by atoms with Crippen LogP contribution in [0.5, 0.6) is 0 Å². The number of rotatable bonds is 4. The number of aromatic nitrogens is 1. The summed E-state index contributed by atoms with van der Waals surface area (Å²) in [7, 11) is 0. The highest BCUT2D eigenvalue weighted by Gasteiger charge is 2.17. The Kier molecular flexibility index (Phi) is 3.89. The number of fused-ring (bicyclic) bond motifs is 1. The molecule has 0 saturated carbocycles. The van der Waals surface area contributed by atoms with Gasteiger partial charge >= 0.3 is 5.97 Å². The zero-order chi connectivity index (χ0) is 13.0. The fourth-order valence-electron chi connectivity index (χ4n) is 1.74. The Labute approximate surface area is 105 Å². The first-order chi connectivity index (χ1) is 8.70. The van der Waals surface area contributed by atoms with E-state index in [1.807, 2.05) is 36.4 Å². The zero-order valence-electron chi connectivity index (χ0n) is 10.2. The van der Waals surface area contributed by atoms with Crippen LogP contribution in [-0.4, -0.2) is 28.8 Å². The minimum atomic E-state index is -1.15. The van der Waals surface area contributed by atoms with Crippen molar-refractivity contribution in [2.75, 3.05) is 6.61 Å². The predicted molar refractivity (Wildman–Crippen MR) is 68.1 cm³/mol. The van der Waals surface area contributed by atoms with Crippen LogP contribution < -0.4 is 0 Å². The van der Waals surface area contributed by atoms with E-state index >= 15 is 0 Å². The van der Waals surface area contributed by atoms with Gasteiger partial charge in [-0.2, -0.15) is 0 Å². The van der Waals surface area contributed by atoms with Crippen molar-refractivity contribution in [2.45, 2.75) is 19.4 Å². The molecule has 0 aliphatic carbocycles. The van der Waals surface area contributed by atoms with Crippen LogP contribution in [0.4, 0.5) is 0 Å². The lowest BCUT2D eigenvalue weighted by Crippen LogP contribution is -2.25. The number of para-hydroxylation sites is 1. The SMILES string of the molecule is CCOC(=O)[C@H](O)Cc1ccc2ccccc2n1. The molecule has 0 amide bonds. The molecule has 4 nitrogen and oxygen atoms in total. The van der Waals surface area contributed by atoms with E-state index in [1.54, 1.807) is 6.92 Å². The van der Waals surface area contributed by atoms with Crippen LogP contribution in [0.25, 0.3) is 10.9 Å². The lowest BCUT2D eigenvalue weighted by molar-refractivity contribution is -0.152. The van der Waals surface area contributed by atoms with E-state index < -0.39 is 12.1 Å². The first kappa shape index (κ1) is 12.5. The first-order valence-electron chi connectivity index (χ1n) is 5.90. The third-order valence-electron chi connectivity index (χ3n) is 2.62. The molecule has 2 aromatic rings. The predicted octanol–water partition coefficient (Wildman–Crippen LogP) is 1.70. The lowest BCUT2D eigenvalue weighted by Gasteiger charge is -2.09. The second kappa shape index (κ2) is 5.60. The summed E-state index contributed by atoms with van der Waals surface area (Å²) in [6, 6.07) is 11.4. The molecule has 0 aliphatic rings. The molecule has 2 rings (SSSR count). The third-order valence-corrected chi connectivity index (χ3v) is 2.62. The van der Waals surface area contributed by atoms with Gasteiger partial charge in [0.1, 0.15) is 0 Å². The second-order valence-corrected chi connectivity index (χ2v) is 3.97. The minimum Gasteiger partial charge on any atom is -0.464 e. The van der Waals surface area contributed by atoms with E-state index in [2.05, 4.69) is 4.98 Å². The van der Waals surface area contributed by atoms with Gasteiger partial charge in [-0.25, -0.2) is 4.79 Å². The highest BCUT2D eigenvalue weighted by Crippen LogP contribution is 2.13. The summed E-state index contributed by atoms with van der Waals surface area (Å²) < 4.78 is 4.75. The molecule has 1 N–H and O–H groups in total. The van der Waals surface area contributed by atoms with Crippen LogP contribution in [0.1, 0.15) is 12.6 Å². The molecular weight excluding hydrogens is 230 g/mol. The molecule has 0 bridgehead atoms. The number of carbonyl (C=O) groups is 1. The Morgan fingerprint density at radius 1 is 1.33 bits per heavy atom. The smallest absolute Gasteiger partial charge is 0.335 e. The molecule has 18 heavy (non-hydrogen) atoms. The number of hydrogen-bond donors (Lipinski definition) is 1. The largest absolute Gasteiger partial charge is 0.464 e. The van der Waals surface area contributed by atoms with Gasteiger partial charge in [-0.05, 0) is 19.1 Å². The number of hydrogen-bond acceptors (Lipinski definition) is 4. The van der Waals surface area contributed by atoms with E-state index in [-0.39, 0.29) is 13.0 Å². The Balaban J connectivity index is 2.14. The molecule has 94 valence electrons. The molecule has 0 radical (unpaired) electrons. The number of ether oxygens (including phenoxy) is 1. The van der Waals surface area contributed by atoms with Gasteiger partial charge in [-0.3, -0.25) is 4.98 Å². The van der Waals surface area contributed by atoms with Crippen molar-refractivity contribution in [3.8, 4) is 0 Å². The number of aliphatic hydroxyl groups excluding tert-OH is 1. The van der Waals surface area contributed by atoms with Crippen molar-refractivity contribution >= 4 is 16.9 Å². The van der Waals surface area contributed by atoms with Gasteiger partial charge in [0.25, 0.3) is 0 Å². The summed E-state index contributed by atoms with van der Waals surface area (Å²) in [5.74, 6) is -0.604. The maximum absolute atomic E-state index is 11.3. The van der Waals surface area contributed by atoms with Crippen LogP contribution in [-0.2, 0) is 16.0 Å². The number of pyridine rings is 1. The van der Waals surface area contributed by atoms with E-state index in [0.717, 1.165) is 10.9 Å². The minimum absolute atomic E-state index is 0.170. The monoisotopic (exact) mass is 245 g/mol. The van der Waals surface area contributed by atoms with Crippen LogP contribution in [0.15, 0.2) is 36.4 Å². The van der Waals surface area contributed by atoms with Crippen molar-refractivity contribution in [2.24, 2.45) is 0 Å². The maximum atomic E-state index is 11.3. The van der Waals surface area contributed by atoms with Crippen molar-refractivity contribution < 1.29 is 14.6 Å². The highest BCUT2D eigenvalue weighted by atomic mass is 16.5. The maximum Gasteiger partial charge on any atom is 0.335 e. The topological polar surface area (TPSA) is 59.4 Å².